The van der Waals surface area contributed by atoms with Crippen molar-refractivity contribution in [2.75, 3.05) is 6.61 Å². The van der Waals surface area contributed by atoms with Gasteiger partial charge in [0.15, 0.2) is 5.69 Å². The first kappa shape index (κ1) is 13.5. The summed E-state index contributed by atoms with van der Waals surface area (Å²) in [6.07, 6.45) is -4.04. The number of ether oxygens (including phenoxy) is 1. The number of esters is 1. The normalized spacial score (nSPS) is 11.5. The van der Waals surface area contributed by atoms with Crippen molar-refractivity contribution in [3.8, 4) is 0 Å². The molecule has 5 nitrogen and oxygen atoms in total. The van der Waals surface area contributed by atoms with Crippen LogP contribution in [0.5, 0.6) is 0 Å². The molecule has 0 fully saturated rings. The van der Waals surface area contributed by atoms with Gasteiger partial charge in [-0.15, -0.1) is 5.10 Å². The summed E-state index contributed by atoms with van der Waals surface area (Å²) in [5, 5.41) is 7.39. The molecule has 0 bridgehead atoms. The van der Waals surface area contributed by atoms with Crippen LogP contribution >= 0.6 is 0 Å². The predicted octanol–water partition coefficient (Wildman–Crippen LogP) is 1.80. The van der Waals surface area contributed by atoms with Crippen molar-refractivity contribution >= 4 is 5.97 Å². The van der Waals surface area contributed by atoms with Crippen molar-refractivity contribution in [2.45, 2.75) is 32.5 Å². The summed E-state index contributed by atoms with van der Waals surface area (Å²) in [5.74, 6) is -0.630. The van der Waals surface area contributed by atoms with Crippen LogP contribution in [0.4, 0.5) is 13.2 Å². The molecule has 0 aliphatic carbocycles. The van der Waals surface area contributed by atoms with Crippen LogP contribution < -0.4 is 0 Å². The van der Waals surface area contributed by atoms with E-state index in [1.165, 1.54) is 6.20 Å². The molecule has 8 heteroatoms. The van der Waals surface area contributed by atoms with Gasteiger partial charge in [-0.05, 0) is 13.3 Å². The topological polar surface area (TPSA) is 57.0 Å². The molecule has 0 saturated heterocycles. The highest BCUT2D eigenvalue weighted by molar-refractivity contribution is 5.86. The van der Waals surface area contributed by atoms with E-state index in [0.29, 0.717) is 0 Å². The largest absolute Gasteiger partial charge is 0.461 e. The summed E-state index contributed by atoms with van der Waals surface area (Å²) in [7, 11) is 0. The van der Waals surface area contributed by atoms with E-state index >= 15 is 0 Å². The van der Waals surface area contributed by atoms with Crippen LogP contribution in [0, 0.1) is 0 Å². The van der Waals surface area contributed by atoms with Crippen LogP contribution in [0.1, 0.15) is 30.3 Å². The average molecular weight is 251 g/mol. The summed E-state index contributed by atoms with van der Waals surface area (Å²) >= 11 is 0. The van der Waals surface area contributed by atoms with E-state index < -0.39 is 18.6 Å². The van der Waals surface area contributed by atoms with Gasteiger partial charge in [0.2, 0.25) is 0 Å². The predicted molar refractivity (Wildman–Crippen MR) is 51.3 cm³/mol. The fourth-order valence-corrected chi connectivity index (χ4v) is 1.12. The second kappa shape index (κ2) is 5.65. The van der Waals surface area contributed by atoms with Gasteiger partial charge in [0.05, 0.1) is 19.3 Å². The standard InChI is InChI=1S/C9H12F3N3O2/c1-2-17-8(16)7-6-13-15(14-7)5-3-4-9(10,11)12/h6H,2-5H2,1H3. The lowest BCUT2D eigenvalue weighted by Crippen LogP contribution is -2.11. The number of alkyl halides is 3. The Morgan fingerprint density at radius 2 is 2.24 bits per heavy atom. The summed E-state index contributed by atoms with van der Waals surface area (Å²) in [6, 6.07) is 0. The van der Waals surface area contributed by atoms with Crippen molar-refractivity contribution in [3.05, 3.63) is 11.9 Å². The van der Waals surface area contributed by atoms with E-state index in [0.717, 1.165) is 4.80 Å². The molecule has 0 unspecified atom stereocenters. The molecule has 1 heterocycles. The molecule has 0 N–H and O–H groups in total. The third-order valence-electron chi connectivity index (χ3n) is 1.84. The Morgan fingerprint density at radius 3 is 2.82 bits per heavy atom. The lowest BCUT2D eigenvalue weighted by Gasteiger charge is -2.04. The number of hydrogen-bond acceptors (Lipinski definition) is 4. The molecular formula is C9H12F3N3O2. The summed E-state index contributed by atoms with van der Waals surface area (Å²) in [4.78, 5) is 12.2. The third-order valence-corrected chi connectivity index (χ3v) is 1.84. The molecule has 1 aromatic heterocycles. The maximum Gasteiger partial charge on any atom is 0.389 e. The Balaban J connectivity index is 2.43. The van der Waals surface area contributed by atoms with E-state index in [4.69, 9.17) is 0 Å². The van der Waals surface area contributed by atoms with Crippen molar-refractivity contribution in [1.29, 1.82) is 0 Å². The Hall–Kier alpha value is -1.60. The van der Waals surface area contributed by atoms with E-state index in [9.17, 15) is 18.0 Å². The molecule has 1 aromatic rings. The Bertz CT molecular complexity index is 376. The van der Waals surface area contributed by atoms with Gasteiger partial charge >= 0.3 is 12.1 Å². The molecule has 0 aliphatic rings. The summed E-state index contributed by atoms with van der Waals surface area (Å²) < 4.78 is 40.3. The quantitative estimate of drug-likeness (QED) is 0.749. The number of nitrogens with zero attached hydrogens (tertiary/aromatic N) is 3. The lowest BCUT2D eigenvalue weighted by atomic mass is 10.3. The first-order chi connectivity index (χ1) is 7.92. The molecule has 96 valence electrons. The smallest absolute Gasteiger partial charge is 0.389 e. The number of halogens is 3. The number of aromatic nitrogens is 3. The molecule has 0 amide bonds. The van der Waals surface area contributed by atoms with Crippen LogP contribution in [0.3, 0.4) is 0 Å². The Labute approximate surface area is 95.6 Å². The third kappa shape index (κ3) is 4.83. The minimum Gasteiger partial charge on any atom is -0.461 e. The van der Waals surface area contributed by atoms with Crippen LogP contribution in [-0.4, -0.2) is 33.7 Å². The second-order valence-electron chi connectivity index (χ2n) is 3.26. The number of carbonyl (C=O) groups is 1. The molecule has 0 aliphatic heterocycles. The summed E-state index contributed by atoms with van der Waals surface area (Å²) in [6.45, 7) is 1.87. The minimum absolute atomic E-state index is 0.00106. The second-order valence-corrected chi connectivity index (χ2v) is 3.26. The molecule has 1 rings (SSSR count). The van der Waals surface area contributed by atoms with Crippen LogP contribution in [0.25, 0.3) is 0 Å². The fraction of sp³-hybridized carbons (Fsp3) is 0.667. The number of aryl methyl sites for hydroxylation is 1. The maximum atomic E-state index is 11.9. The number of rotatable bonds is 5. The van der Waals surface area contributed by atoms with Gasteiger partial charge in [-0.2, -0.15) is 23.1 Å². The van der Waals surface area contributed by atoms with Gasteiger partial charge in [-0.25, -0.2) is 4.79 Å². The van der Waals surface area contributed by atoms with Gasteiger partial charge < -0.3 is 4.74 Å². The van der Waals surface area contributed by atoms with Gasteiger partial charge in [-0.3, -0.25) is 0 Å². The van der Waals surface area contributed by atoms with Crippen LogP contribution in [0.2, 0.25) is 0 Å². The Morgan fingerprint density at radius 1 is 1.53 bits per heavy atom. The highest BCUT2D eigenvalue weighted by Gasteiger charge is 2.26. The number of hydrogen-bond donors (Lipinski definition) is 0. The molecule has 17 heavy (non-hydrogen) atoms. The van der Waals surface area contributed by atoms with Gasteiger partial charge in [0, 0.05) is 6.42 Å². The number of carbonyl (C=O) groups excluding carboxylic acids is 1. The zero-order valence-corrected chi connectivity index (χ0v) is 9.20. The van der Waals surface area contributed by atoms with Gasteiger partial charge in [0.1, 0.15) is 0 Å². The van der Waals surface area contributed by atoms with Gasteiger partial charge in [0.25, 0.3) is 0 Å². The SMILES string of the molecule is CCOC(=O)c1cnn(CCCC(F)(F)F)n1. The highest BCUT2D eigenvalue weighted by Crippen LogP contribution is 2.21. The highest BCUT2D eigenvalue weighted by atomic mass is 19.4. The van der Waals surface area contributed by atoms with Crippen molar-refractivity contribution in [3.63, 3.8) is 0 Å². The molecular weight excluding hydrogens is 239 g/mol. The van der Waals surface area contributed by atoms with E-state index in [1.807, 2.05) is 0 Å². The van der Waals surface area contributed by atoms with Crippen LogP contribution in [-0.2, 0) is 11.3 Å². The molecule has 0 saturated carbocycles. The minimum atomic E-state index is -4.18. The molecule has 0 aromatic carbocycles. The fourth-order valence-electron chi connectivity index (χ4n) is 1.12. The molecule has 0 atom stereocenters. The average Bonchev–Trinajstić information content (AvgIpc) is 2.65. The van der Waals surface area contributed by atoms with Crippen LogP contribution in [0.15, 0.2) is 6.20 Å². The van der Waals surface area contributed by atoms with Crippen molar-refractivity contribution in [1.82, 2.24) is 15.0 Å². The molecule has 0 spiro atoms. The lowest BCUT2D eigenvalue weighted by molar-refractivity contribution is -0.136. The summed E-state index contributed by atoms with van der Waals surface area (Å²) in [5.41, 5.74) is -0.00106. The van der Waals surface area contributed by atoms with E-state index in [2.05, 4.69) is 14.9 Å². The first-order valence-corrected chi connectivity index (χ1v) is 5.06. The van der Waals surface area contributed by atoms with E-state index in [1.54, 1.807) is 6.92 Å². The monoisotopic (exact) mass is 251 g/mol. The van der Waals surface area contributed by atoms with Gasteiger partial charge in [-0.1, -0.05) is 0 Å². The maximum absolute atomic E-state index is 11.9. The zero-order chi connectivity index (χ0) is 12.9. The van der Waals surface area contributed by atoms with Crippen molar-refractivity contribution < 1.29 is 22.7 Å². The molecule has 0 radical (unpaired) electrons. The van der Waals surface area contributed by atoms with E-state index in [-0.39, 0.29) is 25.3 Å². The Kier molecular flexibility index (Phi) is 4.47. The zero-order valence-electron chi connectivity index (χ0n) is 9.20. The first-order valence-electron chi connectivity index (χ1n) is 5.06. The van der Waals surface area contributed by atoms with Crippen molar-refractivity contribution in [2.24, 2.45) is 0 Å².